The van der Waals surface area contributed by atoms with Crippen LogP contribution in [0.15, 0.2) is 48.5 Å². The number of hydrogen-bond acceptors (Lipinski definition) is 2. The van der Waals surface area contributed by atoms with Crippen molar-refractivity contribution < 1.29 is 9.50 Å². The van der Waals surface area contributed by atoms with Crippen molar-refractivity contribution in [1.29, 1.82) is 0 Å². The maximum Gasteiger partial charge on any atom is 0.123 e. The predicted octanol–water partition coefficient (Wildman–Crippen LogP) is 3.38. The van der Waals surface area contributed by atoms with Crippen LogP contribution in [0.5, 0.6) is 5.75 Å². The third-order valence-electron chi connectivity index (χ3n) is 2.96. The van der Waals surface area contributed by atoms with Gasteiger partial charge in [0.05, 0.1) is 0 Å². The van der Waals surface area contributed by atoms with Gasteiger partial charge in [-0.1, -0.05) is 30.3 Å². The number of nitrogens with one attached hydrogen (secondary N) is 1. The highest BCUT2D eigenvalue weighted by molar-refractivity contribution is 5.31. The van der Waals surface area contributed by atoms with Gasteiger partial charge < -0.3 is 10.4 Å². The summed E-state index contributed by atoms with van der Waals surface area (Å²) < 4.78 is 12.8. The number of phenols is 1. The zero-order valence-corrected chi connectivity index (χ0v) is 10.2. The van der Waals surface area contributed by atoms with Crippen LogP contribution in [0.25, 0.3) is 0 Å². The second-order valence-electron chi connectivity index (χ2n) is 4.28. The Morgan fingerprint density at radius 1 is 1.11 bits per heavy atom. The van der Waals surface area contributed by atoms with Gasteiger partial charge in [0.1, 0.15) is 11.6 Å². The van der Waals surface area contributed by atoms with E-state index in [2.05, 4.69) is 5.32 Å². The lowest BCUT2D eigenvalue weighted by Gasteiger charge is -2.14. The molecule has 0 aliphatic heterocycles. The highest BCUT2D eigenvalue weighted by Crippen LogP contribution is 2.18. The molecule has 94 valence electrons. The normalized spacial score (nSPS) is 12.3. The van der Waals surface area contributed by atoms with E-state index in [1.807, 2.05) is 19.1 Å². The van der Waals surface area contributed by atoms with Crippen LogP contribution < -0.4 is 5.32 Å². The first kappa shape index (κ1) is 12.6. The fourth-order valence-corrected chi connectivity index (χ4v) is 1.79. The van der Waals surface area contributed by atoms with Crippen LogP contribution in [-0.4, -0.2) is 5.11 Å². The Hall–Kier alpha value is -1.87. The molecule has 18 heavy (non-hydrogen) atoms. The molecule has 0 saturated heterocycles. The van der Waals surface area contributed by atoms with E-state index in [-0.39, 0.29) is 17.6 Å². The van der Waals surface area contributed by atoms with E-state index in [4.69, 9.17) is 0 Å². The summed E-state index contributed by atoms with van der Waals surface area (Å²) in [5.41, 5.74) is 1.87. The van der Waals surface area contributed by atoms with E-state index in [1.54, 1.807) is 24.3 Å². The van der Waals surface area contributed by atoms with E-state index in [1.165, 1.54) is 12.1 Å². The first-order valence-electron chi connectivity index (χ1n) is 5.92. The molecule has 0 aromatic heterocycles. The Kier molecular flexibility index (Phi) is 3.95. The van der Waals surface area contributed by atoms with E-state index < -0.39 is 0 Å². The van der Waals surface area contributed by atoms with Crippen LogP contribution in [0, 0.1) is 5.82 Å². The van der Waals surface area contributed by atoms with Crippen LogP contribution in [0.2, 0.25) is 0 Å². The maximum absolute atomic E-state index is 12.8. The Morgan fingerprint density at radius 3 is 2.44 bits per heavy atom. The lowest BCUT2D eigenvalue weighted by atomic mass is 10.1. The molecule has 2 nitrogen and oxygen atoms in total. The van der Waals surface area contributed by atoms with Gasteiger partial charge in [-0.3, -0.25) is 0 Å². The summed E-state index contributed by atoms with van der Waals surface area (Å²) in [4.78, 5) is 0. The summed E-state index contributed by atoms with van der Waals surface area (Å²) in [7, 11) is 0. The number of halogens is 1. The molecule has 3 heteroatoms. The van der Waals surface area contributed by atoms with Crippen molar-refractivity contribution in [1.82, 2.24) is 5.32 Å². The summed E-state index contributed by atoms with van der Waals surface area (Å²) in [6.45, 7) is 2.58. The average Bonchev–Trinajstić information content (AvgIpc) is 2.38. The van der Waals surface area contributed by atoms with Gasteiger partial charge in [-0.25, -0.2) is 4.39 Å². The standard InChI is InChI=1S/C15H16FNO/c1-11(12-6-8-14(16)9-7-12)17-10-13-4-2-3-5-15(13)18/h2-9,11,17-18H,10H2,1H3. The van der Waals surface area contributed by atoms with Crippen LogP contribution >= 0.6 is 0 Å². The van der Waals surface area contributed by atoms with Gasteiger partial charge in [0.2, 0.25) is 0 Å². The fourth-order valence-electron chi connectivity index (χ4n) is 1.79. The SMILES string of the molecule is CC(NCc1ccccc1O)c1ccc(F)cc1. The minimum absolute atomic E-state index is 0.102. The fraction of sp³-hybridized carbons (Fsp3) is 0.200. The van der Waals surface area contributed by atoms with Crippen molar-refractivity contribution in [2.45, 2.75) is 19.5 Å². The van der Waals surface area contributed by atoms with Gasteiger partial charge in [0.15, 0.2) is 0 Å². The molecule has 0 heterocycles. The summed E-state index contributed by atoms with van der Waals surface area (Å²) in [5.74, 6) is 0.0583. The molecule has 0 fully saturated rings. The quantitative estimate of drug-likeness (QED) is 0.865. The molecule has 0 bridgehead atoms. The molecule has 2 aromatic rings. The molecular weight excluding hydrogens is 229 g/mol. The van der Waals surface area contributed by atoms with Crippen molar-refractivity contribution in [3.63, 3.8) is 0 Å². The highest BCUT2D eigenvalue weighted by Gasteiger charge is 2.06. The van der Waals surface area contributed by atoms with E-state index in [0.717, 1.165) is 11.1 Å². The van der Waals surface area contributed by atoms with Gasteiger partial charge in [-0.15, -0.1) is 0 Å². The van der Waals surface area contributed by atoms with Gasteiger partial charge in [-0.2, -0.15) is 0 Å². The van der Waals surface area contributed by atoms with Gasteiger partial charge >= 0.3 is 0 Å². The zero-order chi connectivity index (χ0) is 13.0. The molecule has 0 aliphatic rings. The van der Waals surface area contributed by atoms with Crippen LogP contribution in [0.4, 0.5) is 4.39 Å². The lowest BCUT2D eigenvalue weighted by molar-refractivity contribution is 0.460. The lowest BCUT2D eigenvalue weighted by Crippen LogP contribution is -2.18. The molecule has 0 radical (unpaired) electrons. The van der Waals surface area contributed by atoms with E-state index >= 15 is 0 Å². The Morgan fingerprint density at radius 2 is 1.78 bits per heavy atom. The summed E-state index contributed by atoms with van der Waals surface area (Å²) in [5, 5.41) is 12.9. The van der Waals surface area contributed by atoms with Crippen molar-refractivity contribution in [2.75, 3.05) is 0 Å². The summed E-state index contributed by atoms with van der Waals surface area (Å²) in [6, 6.07) is 13.8. The third kappa shape index (κ3) is 3.08. The largest absolute Gasteiger partial charge is 0.508 e. The average molecular weight is 245 g/mol. The van der Waals surface area contributed by atoms with E-state index in [0.29, 0.717) is 6.54 Å². The topological polar surface area (TPSA) is 32.3 Å². The number of phenolic OH excluding ortho intramolecular Hbond substituents is 1. The molecule has 2 aromatic carbocycles. The Labute approximate surface area is 106 Å². The van der Waals surface area contributed by atoms with Crippen LogP contribution in [0.3, 0.4) is 0 Å². The summed E-state index contributed by atoms with van der Waals surface area (Å²) >= 11 is 0. The smallest absolute Gasteiger partial charge is 0.123 e. The second-order valence-corrected chi connectivity index (χ2v) is 4.28. The van der Waals surface area contributed by atoms with Crippen LogP contribution in [-0.2, 0) is 6.54 Å². The minimum Gasteiger partial charge on any atom is -0.508 e. The van der Waals surface area contributed by atoms with Crippen molar-refractivity contribution >= 4 is 0 Å². The van der Waals surface area contributed by atoms with Crippen molar-refractivity contribution in [3.8, 4) is 5.75 Å². The first-order chi connectivity index (χ1) is 8.66. The monoisotopic (exact) mass is 245 g/mol. The minimum atomic E-state index is -0.230. The van der Waals surface area contributed by atoms with Gasteiger partial charge in [-0.05, 0) is 30.7 Å². The van der Waals surface area contributed by atoms with Gasteiger partial charge in [0.25, 0.3) is 0 Å². The molecule has 1 atom stereocenters. The first-order valence-corrected chi connectivity index (χ1v) is 5.92. The molecule has 0 spiro atoms. The number of aromatic hydroxyl groups is 1. The maximum atomic E-state index is 12.8. The molecule has 0 amide bonds. The molecule has 0 aliphatic carbocycles. The Bertz CT molecular complexity index is 510. The number of para-hydroxylation sites is 1. The second kappa shape index (κ2) is 5.65. The van der Waals surface area contributed by atoms with Gasteiger partial charge in [0, 0.05) is 18.2 Å². The van der Waals surface area contributed by atoms with Crippen molar-refractivity contribution in [2.24, 2.45) is 0 Å². The zero-order valence-electron chi connectivity index (χ0n) is 10.2. The molecule has 2 N–H and O–H groups in total. The van der Waals surface area contributed by atoms with E-state index in [9.17, 15) is 9.50 Å². The predicted molar refractivity (Wildman–Crippen MR) is 69.8 cm³/mol. The molecular formula is C15H16FNO. The highest BCUT2D eigenvalue weighted by atomic mass is 19.1. The Balaban J connectivity index is 1.98. The molecule has 2 rings (SSSR count). The summed E-state index contributed by atoms with van der Waals surface area (Å²) in [6.07, 6.45) is 0. The molecule has 0 saturated carbocycles. The van der Waals surface area contributed by atoms with Crippen LogP contribution in [0.1, 0.15) is 24.1 Å². The number of hydrogen-bond donors (Lipinski definition) is 2. The number of benzene rings is 2. The third-order valence-corrected chi connectivity index (χ3v) is 2.96. The number of rotatable bonds is 4. The van der Waals surface area contributed by atoms with Crippen molar-refractivity contribution in [3.05, 3.63) is 65.5 Å². The molecule has 1 unspecified atom stereocenters.